The summed E-state index contributed by atoms with van der Waals surface area (Å²) in [7, 11) is 0. The van der Waals surface area contributed by atoms with E-state index in [1.165, 1.54) is 25.0 Å². The Kier molecular flexibility index (Phi) is 4.25. The molecular weight excluding hydrogens is 262 g/mol. The van der Waals surface area contributed by atoms with Gasteiger partial charge in [-0.25, -0.2) is 4.98 Å². The van der Waals surface area contributed by atoms with Crippen LogP contribution in [-0.4, -0.2) is 22.2 Å². The maximum absolute atomic E-state index is 5.50. The van der Waals surface area contributed by atoms with Crippen molar-refractivity contribution in [3.05, 3.63) is 42.5 Å². The van der Waals surface area contributed by atoms with Crippen molar-refractivity contribution in [2.24, 2.45) is 0 Å². The molecule has 1 saturated heterocycles. The standard InChI is InChI=1S/C17H23N3O/c1-3-21-15-9-7-14(8-10-15)20-12-18-11-17(20)16-6-4-5-13(2)19-16/h7-13,16,19H,3-6H2,1-2H3. The van der Waals surface area contributed by atoms with E-state index in [2.05, 4.69) is 33.9 Å². The first-order chi connectivity index (χ1) is 10.3. The minimum Gasteiger partial charge on any atom is -0.494 e. The number of imidazole rings is 1. The first-order valence-electron chi connectivity index (χ1n) is 7.79. The van der Waals surface area contributed by atoms with Gasteiger partial charge in [0.15, 0.2) is 0 Å². The van der Waals surface area contributed by atoms with E-state index in [0.717, 1.165) is 11.4 Å². The largest absolute Gasteiger partial charge is 0.494 e. The van der Waals surface area contributed by atoms with Gasteiger partial charge in [0, 0.05) is 17.8 Å². The number of piperidine rings is 1. The topological polar surface area (TPSA) is 39.1 Å². The lowest BCUT2D eigenvalue weighted by atomic mass is 9.97. The number of ether oxygens (including phenoxy) is 1. The van der Waals surface area contributed by atoms with Crippen LogP contribution in [0.2, 0.25) is 0 Å². The highest BCUT2D eigenvalue weighted by molar-refractivity contribution is 5.39. The van der Waals surface area contributed by atoms with Crippen molar-refractivity contribution in [3.8, 4) is 11.4 Å². The van der Waals surface area contributed by atoms with Crippen molar-refractivity contribution in [1.29, 1.82) is 0 Å². The maximum atomic E-state index is 5.50. The third-order valence-electron chi connectivity index (χ3n) is 4.07. The molecule has 0 spiro atoms. The molecule has 0 bridgehead atoms. The Labute approximate surface area is 126 Å². The summed E-state index contributed by atoms with van der Waals surface area (Å²) in [5.74, 6) is 0.910. The van der Waals surface area contributed by atoms with Gasteiger partial charge in [0.05, 0.1) is 24.8 Å². The van der Waals surface area contributed by atoms with Gasteiger partial charge in [-0.1, -0.05) is 0 Å². The van der Waals surface area contributed by atoms with Gasteiger partial charge in [-0.3, -0.25) is 0 Å². The molecule has 1 aliphatic rings. The molecule has 1 aromatic carbocycles. The third kappa shape index (κ3) is 3.10. The highest BCUT2D eigenvalue weighted by Crippen LogP contribution is 2.27. The van der Waals surface area contributed by atoms with E-state index >= 15 is 0 Å². The molecule has 2 atom stereocenters. The molecule has 2 unspecified atom stereocenters. The molecule has 112 valence electrons. The van der Waals surface area contributed by atoms with Crippen LogP contribution in [0, 0.1) is 0 Å². The average molecular weight is 285 g/mol. The molecule has 4 nitrogen and oxygen atoms in total. The monoisotopic (exact) mass is 285 g/mol. The smallest absolute Gasteiger partial charge is 0.119 e. The summed E-state index contributed by atoms with van der Waals surface area (Å²) >= 11 is 0. The van der Waals surface area contributed by atoms with Crippen LogP contribution in [-0.2, 0) is 0 Å². The highest BCUT2D eigenvalue weighted by Gasteiger charge is 2.22. The Hall–Kier alpha value is -1.81. The van der Waals surface area contributed by atoms with Crippen molar-refractivity contribution in [2.45, 2.75) is 45.2 Å². The van der Waals surface area contributed by atoms with Gasteiger partial charge in [0.1, 0.15) is 5.75 Å². The third-order valence-corrected chi connectivity index (χ3v) is 4.07. The lowest BCUT2D eigenvalue weighted by molar-refractivity contribution is 0.334. The Bertz CT molecular complexity index is 576. The second-order valence-electron chi connectivity index (χ2n) is 5.67. The maximum Gasteiger partial charge on any atom is 0.119 e. The molecule has 2 aromatic rings. The van der Waals surface area contributed by atoms with E-state index in [9.17, 15) is 0 Å². The van der Waals surface area contributed by atoms with Crippen LogP contribution in [0.15, 0.2) is 36.8 Å². The van der Waals surface area contributed by atoms with Crippen molar-refractivity contribution in [1.82, 2.24) is 14.9 Å². The zero-order valence-electron chi connectivity index (χ0n) is 12.7. The Morgan fingerprint density at radius 2 is 2.10 bits per heavy atom. The van der Waals surface area contributed by atoms with E-state index in [4.69, 9.17) is 4.74 Å². The molecule has 3 rings (SSSR count). The van der Waals surface area contributed by atoms with Gasteiger partial charge in [-0.05, 0) is 57.4 Å². The Morgan fingerprint density at radius 1 is 1.29 bits per heavy atom. The molecule has 1 aliphatic heterocycles. The van der Waals surface area contributed by atoms with Crippen molar-refractivity contribution in [3.63, 3.8) is 0 Å². The minimum absolute atomic E-state index is 0.391. The summed E-state index contributed by atoms with van der Waals surface area (Å²) in [6.45, 7) is 4.95. The van der Waals surface area contributed by atoms with E-state index in [1.54, 1.807) is 0 Å². The molecule has 1 fully saturated rings. The molecule has 21 heavy (non-hydrogen) atoms. The van der Waals surface area contributed by atoms with Gasteiger partial charge in [0.2, 0.25) is 0 Å². The molecule has 0 saturated carbocycles. The van der Waals surface area contributed by atoms with Crippen LogP contribution >= 0.6 is 0 Å². The summed E-state index contributed by atoms with van der Waals surface area (Å²) in [6, 6.07) is 9.17. The van der Waals surface area contributed by atoms with E-state index < -0.39 is 0 Å². The van der Waals surface area contributed by atoms with Crippen LogP contribution in [0.4, 0.5) is 0 Å². The normalized spacial score (nSPS) is 22.2. The van der Waals surface area contributed by atoms with Crippen molar-refractivity contribution in [2.75, 3.05) is 6.61 Å². The second-order valence-corrected chi connectivity index (χ2v) is 5.67. The van der Waals surface area contributed by atoms with Crippen LogP contribution in [0.25, 0.3) is 5.69 Å². The number of nitrogens with one attached hydrogen (secondary N) is 1. The van der Waals surface area contributed by atoms with Crippen LogP contribution < -0.4 is 10.1 Å². The predicted octanol–water partition coefficient (Wildman–Crippen LogP) is 3.47. The lowest BCUT2D eigenvalue weighted by Crippen LogP contribution is -2.35. The quantitative estimate of drug-likeness (QED) is 0.935. The van der Waals surface area contributed by atoms with E-state index in [-0.39, 0.29) is 0 Å². The van der Waals surface area contributed by atoms with Gasteiger partial charge in [-0.2, -0.15) is 0 Å². The average Bonchev–Trinajstić information content (AvgIpc) is 2.98. The van der Waals surface area contributed by atoms with Crippen molar-refractivity contribution < 1.29 is 4.74 Å². The molecule has 0 aliphatic carbocycles. The molecular formula is C17H23N3O. The fraction of sp³-hybridized carbons (Fsp3) is 0.471. The number of rotatable bonds is 4. The predicted molar refractivity (Wildman–Crippen MR) is 83.9 cm³/mol. The fourth-order valence-corrected chi connectivity index (χ4v) is 3.02. The number of hydrogen-bond acceptors (Lipinski definition) is 3. The van der Waals surface area contributed by atoms with Gasteiger partial charge in [-0.15, -0.1) is 0 Å². The molecule has 4 heteroatoms. The Morgan fingerprint density at radius 3 is 2.81 bits per heavy atom. The highest BCUT2D eigenvalue weighted by atomic mass is 16.5. The number of benzene rings is 1. The zero-order chi connectivity index (χ0) is 14.7. The Balaban J connectivity index is 1.84. The van der Waals surface area contributed by atoms with Crippen LogP contribution in [0.1, 0.15) is 44.8 Å². The molecule has 2 heterocycles. The molecule has 1 aromatic heterocycles. The summed E-state index contributed by atoms with van der Waals surface area (Å²) in [4.78, 5) is 4.35. The van der Waals surface area contributed by atoms with E-state index in [1.807, 2.05) is 31.6 Å². The summed E-state index contributed by atoms with van der Waals surface area (Å²) < 4.78 is 7.67. The van der Waals surface area contributed by atoms with Gasteiger partial charge in [0.25, 0.3) is 0 Å². The number of nitrogens with zero attached hydrogens (tertiary/aromatic N) is 2. The number of aromatic nitrogens is 2. The first-order valence-corrected chi connectivity index (χ1v) is 7.79. The van der Waals surface area contributed by atoms with E-state index in [0.29, 0.717) is 18.7 Å². The van der Waals surface area contributed by atoms with Crippen LogP contribution in [0.5, 0.6) is 5.75 Å². The lowest BCUT2D eigenvalue weighted by Gasteiger charge is -2.29. The summed E-state index contributed by atoms with van der Waals surface area (Å²) in [5, 5.41) is 3.68. The molecule has 0 radical (unpaired) electrons. The van der Waals surface area contributed by atoms with Gasteiger partial charge < -0.3 is 14.6 Å². The second kappa shape index (κ2) is 6.31. The summed E-state index contributed by atoms with van der Waals surface area (Å²) in [5.41, 5.74) is 2.37. The van der Waals surface area contributed by atoms with Gasteiger partial charge >= 0.3 is 0 Å². The molecule has 1 N–H and O–H groups in total. The fourth-order valence-electron chi connectivity index (χ4n) is 3.02. The molecule has 0 amide bonds. The minimum atomic E-state index is 0.391. The van der Waals surface area contributed by atoms with Crippen LogP contribution in [0.3, 0.4) is 0 Å². The van der Waals surface area contributed by atoms with Crippen molar-refractivity contribution >= 4 is 0 Å². The summed E-state index contributed by atoms with van der Waals surface area (Å²) in [6.07, 6.45) is 7.58. The first kappa shape index (κ1) is 14.1. The SMILES string of the molecule is CCOc1ccc(-n2cncc2C2CCCC(C)N2)cc1. The zero-order valence-corrected chi connectivity index (χ0v) is 12.7. The number of hydrogen-bond donors (Lipinski definition) is 1.